The number of hydrogen-bond donors (Lipinski definition) is 0. The minimum Gasteiger partial charge on any atom is -0.543 e. The average Bonchev–Trinajstić information content (AvgIpc) is 2.59. The van der Waals surface area contributed by atoms with Gasteiger partial charge in [-0.05, 0) is 69.8 Å². The molecule has 0 radical (unpaired) electrons. The Balaban J connectivity index is 2.31. The molecule has 5 heteroatoms. The molecule has 3 nitrogen and oxygen atoms in total. The van der Waals surface area contributed by atoms with E-state index in [9.17, 15) is 0 Å². The number of aryl methyl sites for hydroxylation is 1. The summed E-state index contributed by atoms with van der Waals surface area (Å²) in [5.41, 5.74) is 1.51. The van der Waals surface area contributed by atoms with Crippen LogP contribution in [0.25, 0.3) is 0 Å². The lowest BCUT2D eigenvalue weighted by atomic mass is 9.78. The molecule has 0 atom stereocenters. The first-order valence-electron chi connectivity index (χ1n) is 8.81. The average molecular weight is 348 g/mol. The molecular weight excluding hydrogens is 315 g/mol. The molecule has 1 aliphatic rings. The maximum atomic E-state index is 6.53. The molecule has 1 saturated heterocycles. The predicted molar refractivity (Wildman–Crippen MR) is 105 cm³/mol. The molecule has 0 spiro atoms. The Morgan fingerprint density at radius 1 is 1.00 bits per heavy atom. The monoisotopic (exact) mass is 348 g/mol. The van der Waals surface area contributed by atoms with Gasteiger partial charge in [0, 0.05) is 0 Å². The molecule has 0 N–H and O–H groups in total. The van der Waals surface area contributed by atoms with E-state index in [-0.39, 0.29) is 23.4 Å². The van der Waals surface area contributed by atoms with Crippen molar-refractivity contribution in [1.29, 1.82) is 0 Å². The van der Waals surface area contributed by atoms with E-state index in [0.717, 1.165) is 16.8 Å². The van der Waals surface area contributed by atoms with E-state index >= 15 is 0 Å². The standard InChI is InChI=1S/C19H33BO3Si/c1-14-11-12-15(20-22-18(5,6)19(7,8)23-20)13-16(14)21-24(9,10)17(2,3)4/h11-13H,1-10H3. The lowest BCUT2D eigenvalue weighted by Crippen LogP contribution is -2.44. The first-order chi connectivity index (χ1) is 10.7. The van der Waals surface area contributed by atoms with Crippen molar-refractivity contribution in [1.82, 2.24) is 0 Å². The lowest BCUT2D eigenvalue weighted by molar-refractivity contribution is 0.00578. The van der Waals surface area contributed by atoms with Crippen molar-refractivity contribution in [2.75, 3.05) is 0 Å². The highest BCUT2D eigenvalue weighted by atomic mass is 28.4. The van der Waals surface area contributed by atoms with Crippen LogP contribution in [0.4, 0.5) is 0 Å². The Hall–Kier alpha value is -0.778. The molecule has 1 aromatic carbocycles. The van der Waals surface area contributed by atoms with Crippen LogP contribution in [0.2, 0.25) is 18.1 Å². The van der Waals surface area contributed by atoms with Crippen LogP contribution in [-0.2, 0) is 9.31 Å². The summed E-state index contributed by atoms with van der Waals surface area (Å²) in [4.78, 5) is 0. The fourth-order valence-electron chi connectivity index (χ4n) is 2.28. The van der Waals surface area contributed by atoms with Crippen molar-refractivity contribution in [2.24, 2.45) is 0 Å². The maximum absolute atomic E-state index is 6.53. The molecule has 0 bridgehead atoms. The Morgan fingerprint density at radius 3 is 1.96 bits per heavy atom. The quantitative estimate of drug-likeness (QED) is 0.743. The van der Waals surface area contributed by atoms with Crippen LogP contribution in [-0.4, -0.2) is 26.6 Å². The van der Waals surface area contributed by atoms with Crippen LogP contribution in [0.15, 0.2) is 18.2 Å². The van der Waals surface area contributed by atoms with E-state index in [0.29, 0.717) is 0 Å². The number of rotatable bonds is 3. The smallest absolute Gasteiger partial charge is 0.494 e. The first-order valence-corrected chi connectivity index (χ1v) is 11.7. The summed E-state index contributed by atoms with van der Waals surface area (Å²) in [5, 5.41) is 0.166. The summed E-state index contributed by atoms with van der Waals surface area (Å²) in [6.07, 6.45) is 0. The Labute approximate surface area is 149 Å². The van der Waals surface area contributed by atoms with Gasteiger partial charge in [0.15, 0.2) is 0 Å². The van der Waals surface area contributed by atoms with E-state index < -0.39 is 8.32 Å². The second kappa shape index (κ2) is 5.89. The third kappa shape index (κ3) is 3.58. The van der Waals surface area contributed by atoms with Crippen LogP contribution >= 0.6 is 0 Å². The summed E-state index contributed by atoms with van der Waals surface area (Å²) in [5.74, 6) is 0.953. The molecule has 0 amide bonds. The van der Waals surface area contributed by atoms with Gasteiger partial charge in [-0.1, -0.05) is 32.9 Å². The predicted octanol–water partition coefficient (Wildman–Crippen LogP) is 4.68. The zero-order chi connectivity index (χ0) is 18.6. The van der Waals surface area contributed by atoms with Crippen LogP contribution in [0, 0.1) is 6.92 Å². The summed E-state index contributed by atoms with van der Waals surface area (Å²) in [6.45, 7) is 21.7. The van der Waals surface area contributed by atoms with Gasteiger partial charge in [-0.3, -0.25) is 0 Å². The van der Waals surface area contributed by atoms with Crippen molar-refractivity contribution < 1.29 is 13.7 Å². The topological polar surface area (TPSA) is 27.7 Å². The van der Waals surface area contributed by atoms with Gasteiger partial charge in [-0.15, -0.1) is 0 Å². The summed E-state index contributed by atoms with van der Waals surface area (Å²) >= 11 is 0. The second-order valence-electron chi connectivity index (χ2n) is 9.48. The normalized spacial score (nSPS) is 20.3. The van der Waals surface area contributed by atoms with Crippen molar-refractivity contribution in [2.45, 2.75) is 84.7 Å². The van der Waals surface area contributed by atoms with Gasteiger partial charge in [0.2, 0.25) is 8.32 Å². The Bertz CT molecular complexity index is 602. The first kappa shape index (κ1) is 19.5. The van der Waals surface area contributed by atoms with Crippen LogP contribution in [0.1, 0.15) is 54.0 Å². The summed E-state index contributed by atoms with van der Waals surface area (Å²) in [6, 6.07) is 6.27. The highest BCUT2D eigenvalue weighted by molar-refractivity contribution is 6.74. The van der Waals surface area contributed by atoms with Crippen molar-refractivity contribution in [3.63, 3.8) is 0 Å². The van der Waals surface area contributed by atoms with Crippen LogP contribution < -0.4 is 9.89 Å². The molecule has 1 heterocycles. The minimum absolute atomic E-state index is 0.166. The number of hydrogen-bond acceptors (Lipinski definition) is 3. The molecular formula is C19H33BO3Si. The van der Waals surface area contributed by atoms with Crippen LogP contribution in [0.3, 0.4) is 0 Å². The van der Waals surface area contributed by atoms with Gasteiger partial charge in [-0.25, -0.2) is 0 Å². The molecule has 1 aromatic rings. The zero-order valence-corrected chi connectivity index (χ0v) is 18.0. The van der Waals surface area contributed by atoms with Crippen molar-refractivity contribution in [3.8, 4) is 5.75 Å². The van der Waals surface area contributed by atoms with Gasteiger partial charge < -0.3 is 13.7 Å². The van der Waals surface area contributed by atoms with Gasteiger partial charge in [-0.2, -0.15) is 0 Å². The molecule has 0 unspecified atom stereocenters. The van der Waals surface area contributed by atoms with Gasteiger partial charge in [0.05, 0.1) is 11.2 Å². The second-order valence-corrected chi connectivity index (χ2v) is 14.2. The molecule has 24 heavy (non-hydrogen) atoms. The summed E-state index contributed by atoms with van der Waals surface area (Å²) < 4.78 is 18.9. The van der Waals surface area contributed by atoms with E-state index in [2.05, 4.69) is 86.7 Å². The largest absolute Gasteiger partial charge is 0.543 e. The number of benzene rings is 1. The molecule has 134 valence electrons. The highest BCUT2D eigenvalue weighted by Crippen LogP contribution is 2.39. The van der Waals surface area contributed by atoms with Gasteiger partial charge in [0.1, 0.15) is 5.75 Å². The SMILES string of the molecule is Cc1ccc(B2OC(C)(C)C(C)(C)O2)cc1O[Si](C)(C)C(C)(C)C. The molecule has 0 aliphatic carbocycles. The van der Waals surface area contributed by atoms with E-state index in [1.807, 2.05) is 0 Å². The molecule has 1 fully saturated rings. The van der Waals surface area contributed by atoms with E-state index in [4.69, 9.17) is 13.7 Å². The van der Waals surface area contributed by atoms with Gasteiger partial charge in [0.25, 0.3) is 0 Å². The summed E-state index contributed by atoms with van der Waals surface area (Å²) in [7, 11) is -2.23. The fourth-order valence-corrected chi connectivity index (χ4v) is 3.36. The zero-order valence-electron chi connectivity index (χ0n) is 17.0. The Kier molecular flexibility index (Phi) is 4.80. The maximum Gasteiger partial charge on any atom is 0.494 e. The van der Waals surface area contributed by atoms with Crippen molar-refractivity contribution >= 4 is 20.9 Å². The molecule has 1 aliphatic heterocycles. The van der Waals surface area contributed by atoms with E-state index in [1.54, 1.807) is 0 Å². The van der Waals surface area contributed by atoms with Gasteiger partial charge >= 0.3 is 7.12 Å². The van der Waals surface area contributed by atoms with Crippen LogP contribution in [0.5, 0.6) is 5.75 Å². The fraction of sp³-hybridized carbons (Fsp3) is 0.684. The molecule has 2 rings (SSSR count). The lowest BCUT2D eigenvalue weighted by Gasteiger charge is -2.37. The minimum atomic E-state index is -1.88. The third-order valence-electron chi connectivity index (χ3n) is 5.91. The highest BCUT2D eigenvalue weighted by Gasteiger charge is 2.51. The third-order valence-corrected chi connectivity index (χ3v) is 10.3. The van der Waals surface area contributed by atoms with E-state index in [1.165, 1.54) is 0 Å². The Morgan fingerprint density at radius 2 is 1.50 bits per heavy atom. The molecule has 0 saturated carbocycles. The molecule has 0 aromatic heterocycles. The van der Waals surface area contributed by atoms with Crippen molar-refractivity contribution in [3.05, 3.63) is 23.8 Å².